The number of hydrogen-bond donors (Lipinski definition) is 2. The molecular formula is C12H13F3N2O3. The van der Waals surface area contributed by atoms with E-state index in [4.69, 9.17) is 5.11 Å². The van der Waals surface area contributed by atoms with Crippen molar-refractivity contribution in [3.05, 3.63) is 29.6 Å². The van der Waals surface area contributed by atoms with E-state index in [-0.39, 0.29) is 18.4 Å². The lowest BCUT2D eigenvalue weighted by atomic mass is 10.1. The van der Waals surface area contributed by atoms with Gasteiger partial charge in [-0.25, -0.2) is 0 Å². The SMILES string of the molecule is CC(CCC(=O)O)NC(=O)c1ccc(C(F)(F)F)nc1. The van der Waals surface area contributed by atoms with Crippen LogP contribution in [0.5, 0.6) is 0 Å². The molecule has 1 heterocycles. The summed E-state index contributed by atoms with van der Waals surface area (Å²) in [6.07, 6.45) is -3.59. The largest absolute Gasteiger partial charge is 0.481 e. The highest BCUT2D eigenvalue weighted by Gasteiger charge is 2.32. The van der Waals surface area contributed by atoms with E-state index in [1.54, 1.807) is 6.92 Å². The lowest BCUT2D eigenvalue weighted by molar-refractivity contribution is -0.141. The lowest BCUT2D eigenvalue weighted by Crippen LogP contribution is -2.33. The van der Waals surface area contributed by atoms with Crippen molar-refractivity contribution in [3.63, 3.8) is 0 Å². The highest BCUT2D eigenvalue weighted by molar-refractivity contribution is 5.94. The van der Waals surface area contributed by atoms with Gasteiger partial charge in [-0.05, 0) is 25.5 Å². The first-order valence-electron chi connectivity index (χ1n) is 5.76. The van der Waals surface area contributed by atoms with Crippen LogP contribution in [-0.2, 0) is 11.0 Å². The summed E-state index contributed by atoms with van der Waals surface area (Å²) in [5.74, 6) is -1.58. The van der Waals surface area contributed by atoms with Gasteiger partial charge in [0.15, 0.2) is 0 Å². The summed E-state index contributed by atoms with van der Waals surface area (Å²) in [7, 11) is 0. The average molecular weight is 290 g/mol. The molecule has 0 radical (unpaired) electrons. The van der Waals surface area contributed by atoms with Gasteiger partial charge in [-0.15, -0.1) is 0 Å². The van der Waals surface area contributed by atoms with Crippen LogP contribution in [0.3, 0.4) is 0 Å². The maximum atomic E-state index is 12.3. The zero-order valence-electron chi connectivity index (χ0n) is 10.6. The normalized spacial score (nSPS) is 12.8. The van der Waals surface area contributed by atoms with Crippen LogP contribution in [0, 0.1) is 0 Å². The fourth-order valence-electron chi connectivity index (χ4n) is 1.42. The Morgan fingerprint density at radius 1 is 1.40 bits per heavy atom. The maximum absolute atomic E-state index is 12.3. The van der Waals surface area contributed by atoms with Crippen LogP contribution in [0.1, 0.15) is 35.8 Å². The number of nitrogens with one attached hydrogen (secondary N) is 1. The van der Waals surface area contributed by atoms with Crippen LogP contribution >= 0.6 is 0 Å². The Kier molecular flexibility index (Phi) is 5.06. The third kappa shape index (κ3) is 4.87. The van der Waals surface area contributed by atoms with Crippen molar-refractivity contribution in [2.75, 3.05) is 0 Å². The van der Waals surface area contributed by atoms with Crippen LogP contribution in [0.4, 0.5) is 13.2 Å². The molecule has 5 nitrogen and oxygen atoms in total. The average Bonchev–Trinajstić information content (AvgIpc) is 2.35. The Bertz CT molecular complexity index is 486. The van der Waals surface area contributed by atoms with Crippen molar-refractivity contribution >= 4 is 11.9 Å². The summed E-state index contributed by atoms with van der Waals surface area (Å²) >= 11 is 0. The first kappa shape index (κ1) is 15.9. The Morgan fingerprint density at radius 3 is 2.50 bits per heavy atom. The van der Waals surface area contributed by atoms with Crippen molar-refractivity contribution in [1.29, 1.82) is 0 Å². The van der Waals surface area contributed by atoms with E-state index in [0.717, 1.165) is 18.3 Å². The van der Waals surface area contributed by atoms with Gasteiger partial charge in [-0.1, -0.05) is 0 Å². The van der Waals surface area contributed by atoms with Crippen LogP contribution in [0.15, 0.2) is 18.3 Å². The quantitative estimate of drug-likeness (QED) is 0.870. The second-order valence-electron chi connectivity index (χ2n) is 4.24. The number of nitrogens with zero attached hydrogens (tertiary/aromatic N) is 1. The van der Waals surface area contributed by atoms with E-state index in [9.17, 15) is 22.8 Å². The summed E-state index contributed by atoms with van der Waals surface area (Å²) < 4.78 is 36.9. The number of rotatable bonds is 5. The molecule has 1 unspecified atom stereocenters. The number of carboxylic acid groups (broad SMARTS) is 1. The number of alkyl halides is 3. The molecule has 0 fully saturated rings. The highest BCUT2D eigenvalue weighted by atomic mass is 19.4. The van der Waals surface area contributed by atoms with Gasteiger partial charge in [0.2, 0.25) is 0 Å². The molecule has 110 valence electrons. The molecule has 0 aliphatic heterocycles. The maximum Gasteiger partial charge on any atom is 0.433 e. The van der Waals surface area contributed by atoms with Crippen molar-refractivity contribution in [1.82, 2.24) is 10.3 Å². The number of aromatic nitrogens is 1. The van der Waals surface area contributed by atoms with Crippen LogP contribution < -0.4 is 5.32 Å². The molecule has 1 atom stereocenters. The van der Waals surface area contributed by atoms with Gasteiger partial charge in [0.1, 0.15) is 5.69 Å². The second kappa shape index (κ2) is 6.36. The van der Waals surface area contributed by atoms with Crippen molar-refractivity contribution in [3.8, 4) is 0 Å². The summed E-state index contributed by atoms with van der Waals surface area (Å²) in [6.45, 7) is 1.61. The van der Waals surface area contributed by atoms with Crippen molar-refractivity contribution in [2.24, 2.45) is 0 Å². The van der Waals surface area contributed by atoms with Gasteiger partial charge in [0.25, 0.3) is 5.91 Å². The van der Waals surface area contributed by atoms with Crippen LogP contribution in [0.25, 0.3) is 0 Å². The molecule has 8 heteroatoms. The van der Waals surface area contributed by atoms with E-state index in [1.165, 1.54) is 0 Å². The lowest BCUT2D eigenvalue weighted by Gasteiger charge is -2.13. The minimum absolute atomic E-state index is 0.0137. The number of aliphatic carboxylic acids is 1. The molecule has 0 aliphatic carbocycles. The summed E-state index contributed by atoms with van der Waals surface area (Å²) in [6, 6.07) is 1.34. The number of pyridine rings is 1. The van der Waals surface area contributed by atoms with E-state index in [0.29, 0.717) is 0 Å². The summed E-state index contributed by atoms with van der Waals surface area (Å²) in [5, 5.41) is 11.0. The standard InChI is InChI=1S/C12H13F3N2O3/c1-7(2-5-10(18)19)17-11(20)8-3-4-9(16-6-8)12(13,14)15/h3-4,6-7H,2,5H2,1H3,(H,17,20)(H,18,19). The number of amides is 1. The number of halogens is 3. The van der Waals surface area contributed by atoms with Gasteiger partial charge in [0, 0.05) is 18.7 Å². The van der Waals surface area contributed by atoms with E-state index in [2.05, 4.69) is 10.3 Å². The Balaban J connectivity index is 2.62. The minimum Gasteiger partial charge on any atom is -0.481 e. The Labute approximate surface area is 112 Å². The second-order valence-corrected chi connectivity index (χ2v) is 4.24. The molecule has 0 saturated heterocycles. The van der Waals surface area contributed by atoms with Gasteiger partial charge in [-0.2, -0.15) is 13.2 Å². The third-order valence-electron chi connectivity index (χ3n) is 2.48. The fourth-order valence-corrected chi connectivity index (χ4v) is 1.42. The smallest absolute Gasteiger partial charge is 0.433 e. The molecule has 20 heavy (non-hydrogen) atoms. The van der Waals surface area contributed by atoms with E-state index >= 15 is 0 Å². The topological polar surface area (TPSA) is 79.3 Å². The molecular weight excluding hydrogens is 277 g/mol. The molecule has 0 saturated carbocycles. The van der Waals surface area contributed by atoms with Crippen molar-refractivity contribution < 1.29 is 27.9 Å². The number of carbonyl (C=O) groups excluding carboxylic acids is 1. The first-order valence-corrected chi connectivity index (χ1v) is 5.76. The molecule has 0 spiro atoms. The van der Waals surface area contributed by atoms with Gasteiger partial charge < -0.3 is 10.4 Å². The zero-order chi connectivity index (χ0) is 15.3. The minimum atomic E-state index is -4.55. The highest BCUT2D eigenvalue weighted by Crippen LogP contribution is 2.27. The van der Waals surface area contributed by atoms with Gasteiger partial charge in [0.05, 0.1) is 5.56 Å². The molecule has 1 rings (SSSR count). The van der Waals surface area contributed by atoms with Crippen LogP contribution in [-0.4, -0.2) is 28.0 Å². The zero-order valence-corrected chi connectivity index (χ0v) is 10.6. The molecule has 0 aromatic carbocycles. The monoisotopic (exact) mass is 290 g/mol. The molecule has 0 bridgehead atoms. The molecule has 2 N–H and O–H groups in total. The fraction of sp³-hybridized carbons (Fsp3) is 0.417. The number of carbonyl (C=O) groups is 2. The predicted molar refractivity (Wildman–Crippen MR) is 63.0 cm³/mol. The predicted octanol–water partition coefficient (Wildman–Crippen LogP) is 2.08. The van der Waals surface area contributed by atoms with Gasteiger partial charge in [-0.3, -0.25) is 14.6 Å². The van der Waals surface area contributed by atoms with Crippen molar-refractivity contribution in [2.45, 2.75) is 32.0 Å². The molecule has 0 aliphatic rings. The van der Waals surface area contributed by atoms with Crippen LogP contribution in [0.2, 0.25) is 0 Å². The molecule has 1 amide bonds. The third-order valence-corrected chi connectivity index (χ3v) is 2.48. The first-order chi connectivity index (χ1) is 9.20. The number of carboxylic acids is 1. The van der Waals surface area contributed by atoms with Gasteiger partial charge >= 0.3 is 12.1 Å². The Morgan fingerprint density at radius 2 is 2.05 bits per heavy atom. The number of hydrogen-bond acceptors (Lipinski definition) is 3. The summed E-state index contributed by atoms with van der Waals surface area (Å²) in [5.41, 5.74) is -1.09. The summed E-state index contributed by atoms with van der Waals surface area (Å²) in [4.78, 5) is 25.2. The van der Waals surface area contributed by atoms with E-state index < -0.39 is 29.8 Å². The molecule has 1 aromatic rings. The molecule has 1 aromatic heterocycles. The Hall–Kier alpha value is -2.12. The van der Waals surface area contributed by atoms with E-state index in [1.807, 2.05) is 0 Å².